The van der Waals surface area contributed by atoms with Gasteiger partial charge in [-0.2, -0.15) is 5.10 Å². The van der Waals surface area contributed by atoms with E-state index < -0.39 is 4.92 Å². The van der Waals surface area contributed by atoms with Gasteiger partial charge in [0.05, 0.1) is 24.9 Å². The Morgan fingerprint density at radius 1 is 1.38 bits per heavy atom. The summed E-state index contributed by atoms with van der Waals surface area (Å²) in [6.07, 6.45) is 1.96. The summed E-state index contributed by atoms with van der Waals surface area (Å²) in [5, 5.41) is 15.2. The van der Waals surface area contributed by atoms with E-state index >= 15 is 0 Å². The van der Waals surface area contributed by atoms with Crippen LogP contribution in [0.5, 0.6) is 11.5 Å². The Morgan fingerprint density at radius 3 is 2.77 bits per heavy atom. The van der Waals surface area contributed by atoms with Crippen LogP contribution < -0.4 is 20.5 Å². The Kier molecular flexibility index (Phi) is 6.25. The van der Waals surface area contributed by atoms with Gasteiger partial charge in [-0.1, -0.05) is 6.92 Å². The fraction of sp³-hybridized carbons (Fsp3) is 0.312. The van der Waals surface area contributed by atoms with Crippen molar-refractivity contribution in [2.24, 2.45) is 5.10 Å². The predicted molar refractivity (Wildman–Crippen MR) is 96.3 cm³/mol. The molecule has 10 heteroatoms. The van der Waals surface area contributed by atoms with Gasteiger partial charge in [-0.15, -0.1) is 0 Å². The molecule has 0 aliphatic carbocycles. The van der Waals surface area contributed by atoms with E-state index in [9.17, 15) is 14.9 Å². The summed E-state index contributed by atoms with van der Waals surface area (Å²) in [5.74, 6) is 0.465. The van der Waals surface area contributed by atoms with Crippen LogP contribution in [0.2, 0.25) is 0 Å². The molecule has 2 rings (SSSR count). The molecule has 1 heterocycles. The largest absolute Gasteiger partial charge is 0.490 e. The second-order valence-electron chi connectivity index (χ2n) is 5.07. The normalized spacial score (nSPS) is 10.7. The summed E-state index contributed by atoms with van der Waals surface area (Å²) in [6.45, 7) is 3.96. The fourth-order valence-corrected chi connectivity index (χ4v) is 2.20. The number of rotatable bonds is 8. The molecule has 138 valence electrons. The Bertz CT molecular complexity index is 878. The number of ether oxygens (including phenoxy) is 2. The second kappa shape index (κ2) is 8.60. The van der Waals surface area contributed by atoms with E-state index in [1.807, 2.05) is 6.92 Å². The van der Waals surface area contributed by atoms with Gasteiger partial charge in [-0.25, -0.2) is 10.4 Å². The highest BCUT2D eigenvalue weighted by Gasteiger charge is 2.21. The maximum absolute atomic E-state index is 11.5. The molecule has 0 unspecified atom stereocenters. The summed E-state index contributed by atoms with van der Waals surface area (Å²) in [6, 6.07) is 4.28. The highest BCUT2D eigenvalue weighted by Crippen LogP contribution is 2.37. The number of anilines is 1. The smallest absolute Gasteiger partial charge is 0.315 e. The van der Waals surface area contributed by atoms with E-state index in [0.717, 1.165) is 0 Å². The first-order valence-corrected chi connectivity index (χ1v) is 7.87. The molecule has 2 aromatic rings. The lowest BCUT2D eigenvalue weighted by Gasteiger charge is -2.10. The molecular formula is C16H19N5O5. The van der Waals surface area contributed by atoms with Crippen LogP contribution in [0.4, 0.5) is 11.6 Å². The number of nitro benzene ring substituents is 1. The van der Waals surface area contributed by atoms with Gasteiger partial charge < -0.3 is 9.47 Å². The van der Waals surface area contributed by atoms with Crippen molar-refractivity contribution >= 4 is 17.9 Å². The van der Waals surface area contributed by atoms with Gasteiger partial charge in [0.2, 0.25) is 11.7 Å². The summed E-state index contributed by atoms with van der Waals surface area (Å²) in [5.41, 5.74) is 3.10. The van der Waals surface area contributed by atoms with Gasteiger partial charge in [-0.05, 0) is 19.4 Å². The van der Waals surface area contributed by atoms with Crippen LogP contribution in [0.3, 0.4) is 0 Å². The topological polar surface area (TPSA) is 132 Å². The number of benzene rings is 1. The van der Waals surface area contributed by atoms with Crippen LogP contribution in [0.15, 0.2) is 28.1 Å². The lowest BCUT2D eigenvalue weighted by Crippen LogP contribution is -2.11. The lowest BCUT2D eigenvalue weighted by molar-refractivity contribution is -0.385. The standard InChI is InChI=1S/C16H19N5O5/c1-4-11-8-14(22)19-16(18-11)20-17-9-10-6-12(21(23)24)15(25-3)13(7-10)26-5-2/h6-9H,4-5H2,1-3H3,(H2,18,19,20,22)/b17-9-. The van der Waals surface area contributed by atoms with Gasteiger partial charge in [0.1, 0.15) is 0 Å². The Hall–Kier alpha value is -3.43. The van der Waals surface area contributed by atoms with Crippen molar-refractivity contribution in [1.82, 2.24) is 9.97 Å². The minimum absolute atomic E-state index is 0.0450. The summed E-state index contributed by atoms with van der Waals surface area (Å²) in [7, 11) is 1.34. The summed E-state index contributed by atoms with van der Waals surface area (Å²) >= 11 is 0. The molecule has 0 atom stereocenters. The van der Waals surface area contributed by atoms with Crippen LogP contribution in [-0.2, 0) is 6.42 Å². The fourth-order valence-electron chi connectivity index (χ4n) is 2.20. The molecule has 0 spiro atoms. The van der Waals surface area contributed by atoms with Crippen molar-refractivity contribution < 1.29 is 14.4 Å². The SMILES string of the molecule is CCOc1cc(/C=N\Nc2nc(CC)cc(=O)[nH]2)cc([N+](=O)[O-])c1OC. The quantitative estimate of drug-likeness (QED) is 0.418. The van der Waals surface area contributed by atoms with Crippen LogP contribution in [0, 0.1) is 10.1 Å². The van der Waals surface area contributed by atoms with E-state index in [-0.39, 0.29) is 28.7 Å². The zero-order valence-corrected chi connectivity index (χ0v) is 14.6. The van der Waals surface area contributed by atoms with Crippen molar-refractivity contribution in [1.29, 1.82) is 0 Å². The number of hydrogen-bond donors (Lipinski definition) is 2. The highest BCUT2D eigenvalue weighted by molar-refractivity contribution is 5.83. The molecule has 2 N–H and O–H groups in total. The van der Waals surface area contributed by atoms with E-state index in [0.29, 0.717) is 24.3 Å². The van der Waals surface area contributed by atoms with Gasteiger partial charge in [0.15, 0.2) is 5.75 Å². The number of hydrogen-bond acceptors (Lipinski definition) is 8. The molecule has 10 nitrogen and oxygen atoms in total. The number of H-pyrrole nitrogens is 1. The van der Waals surface area contributed by atoms with Crippen molar-refractivity contribution in [2.45, 2.75) is 20.3 Å². The summed E-state index contributed by atoms with van der Waals surface area (Å²) < 4.78 is 10.5. The number of hydrazone groups is 1. The number of aromatic nitrogens is 2. The second-order valence-corrected chi connectivity index (χ2v) is 5.07. The lowest BCUT2D eigenvalue weighted by atomic mass is 10.2. The maximum atomic E-state index is 11.5. The molecule has 0 amide bonds. The zero-order chi connectivity index (χ0) is 19.1. The first-order chi connectivity index (χ1) is 12.5. The Balaban J connectivity index is 2.30. The predicted octanol–water partition coefficient (Wildman–Crippen LogP) is 2.09. The monoisotopic (exact) mass is 361 g/mol. The Labute approximate surface area is 149 Å². The molecule has 26 heavy (non-hydrogen) atoms. The van der Waals surface area contributed by atoms with Gasteiger partial charge in [-0.3, -0.25) is 19.9 Å². The first-order valence-electron chi connectivity index (χ1n) is 7.87. The molecule has 0 fully saturated rings. The van der Waals surface area contributed by atoms with E-state index in [1.54, 1.807) is 13.0 Å². The van der Waals surface area contributed by atoms with Crippen LogP contribution in [0.25, 0.3) is 0 Å². The van der Waals surface area contributed by atoms with Gasteiger partial charge >= 0.3 is 5.69 Å². The third-order valence-corrected chi connectivity index (χ3v) is 3.30. The number of nitrogens with zero attached hydrogens (tertiary/aromatic N) is 3. The molecule has 0 aliphatic heterocycles. The maximum Gasteiger partial charge on any atom is 0.315 e. The third-order valence-electron chi connectivity index (χ3n) is 3.30. The number of methoxy groups -OCH3 is 1. The van der Waals surface area contributed by atoms with E-state index in [2.05, 4.69) is 20.5 Å². The minimum Gasteiger partial charge on any atom is -0.490 e. The van der Waals surface area contributed by atoms with Crippen molar-refractivity contribution in [3.8, 4) is 11.5 Å². The molecular weight excluding hydrogens is 342 g/mol. The molecule has 0 radical (unpaired) electrons. The minimum atomic E-state index is -0.560. The molecule has 1 aromatic carbocycles. The van der Waals surface area contributed by atoms with Crippen molar-refractivity contribution in [2.75, 3.05) is 19.1 Å². The molecule has 1 aromatic heterocycles. The number of nitro groups is 1. The number of nitrogens with one attached hydrogen (secondary N) is 2. The summed E-state index contributed by atoms with van der Waals surface area (Å²) in [4.78, 5) is 28.9. The molecule has 0 bridgehead atoms. The van der Waals surface area contributed by atoms with Gasteiger partial charge in [0.25, 0.3) is 5.56 Å². The van der Waals surface area contributed by atoms with Crippen molar-refractivity contribution in [3.05, 3.63) is 49.9 Å². The van der Waals surface area contributed by atoms with Gasteiger partial charge in [0, 0.05) is 23.4 Å². The molecule has 0 saturated carbocycles. The number of aryl methyl sites for hydroxylation is 1. The van der Waals surface area contributed by atoms with E-state index in [4.69, 9.17) is 9.47 Å². The van der Waals surface area contributed by atoms with Crippen LogP contribution >= 0.6 is 0 Å². The van der Waals surface area contributed by atoms with Crippen LogP contribution in [-0.4, -0.2) is 34.8 Å². The average molecular weight is 361 g/mol. The highest BCUT2D eigenvalue weighted by atomic mass is 16.6. The molecule has 0 saturated heterocycles. The third kappa shape index (κ3) is 4.56. The van der Waals surface area contributed by atoms with E-state index in [1.165, 1.54) is 25.5 Å². The first kappa shape index (κ1) is 18.9. The van der Waals surface area contributed by atoms with Crippen molar-refractivity contribution in [3.63, 3.8) is 0 Å². The molecule has 0 aliphatic rings. The van der Waals surface area contributed by atoms with Crippen LogP contribution in [0.1, 0.15) is 25.1 Å². The zero-order valence-electron chi connectivity index (χ0n) is 14.6. The number of aromatic amines is 1. The Morgan fingerprint density at radius 2 is 2.15 bits per heavy atom. The average Bonchev–Trinajstić information content (AvgIpc) is 2.61.